The summed E-state index contributed by atoms with van der Waals surface area (Å²) < 4.78 is 29.4. The minimum atomic E-state index is -2.90. The third kappa shape index (κ3) is 4.01. The third-order valence-corrected chi connectivity index (χ3v) is 5.59. The molecule has 6 nitrogen and oxygen atoms in total. The molecule has 4 rings (SSSR count). The normalized spacial score (nSPS) is 22.4. The molecule has 9 heteroatoms. The molecule has 0 amide bonds. The van der Waals surface area contributed by atoms with Crippen LogP contribution in [0.1, 0.15) is 31.2 Å². The minimum Gasteiger partial charge on any atom is -0.368 e. The number of aliphatic hydroxyl groups is 1. The van der Waals surface area contributed by atoms with Crippen LogP contribution in [0.2, 0.25) is 5.02 Å². The number of aromatic nitrogens is 2. The lowest BCUT2D eigenvalue weighted by Crippen LogP contribution is -2.55. The van der Waals surface area contributed by atoms with Gasteiger partial charge in [-0.05, 0) is 49.2 Å². The van der Waals surface area contributed by atoms with E-state index < -0.39 is 24.2 Å². The number of anilines is 2. The number of halogens is 3. The predicted molar refractivity (Wildman–Crippen MR) is 109 cm³/mol. The molecule has 3 atom stereocenters. The van der Waals surface area contributed by atoms with Gasteiger partial charge in [-0.3, -0.25) is 0 Å². The lowest BCUT2D eigenvalue weighted by atomic mass is 9.87. The van der Waals surface area contributed by atoms with Crippen LogP contribution in [0, 0.1) is 0 Å². The number of fused-ring (bicyclic) bond motifs is 1. The molecule has 1 unspecified atom stereocenters. The fourth-order valence-corrected chi connectivity index (χ4v) is 3.83. The fourth-order valence-electron chi connectivity index (χ4n) is 3.64. The van der Waals surface area contributed by atoms with Crippen LogP contribution < -0.4 is 16.4 Å². The quantitative estimate of drug-likeness (QED) is 0.467. The van der Waals surface area contributed by atoms with Crippen molar-refractivity contribution >= 4 is 28.6 Å². The Balaban J connectivity index is 1.57. The van der Waals surface area contributed by atoms with Gasteiger partial charge in [0, 0.05) is 12.5 Å². The van der Waals surface area contributed by atoms with E-state index in [4.69, 9.17) is 17.3 Å². The molecule has 0 radical (unpaired) electrons. The monoisotopic (exact) mass is 421 g/mol. The number of aliphatic hydroxyl groups excluding tert-OH is 1. The van der Waals surface area contributed by atoms with Crippen molar-refractivity contribution < 1.29 is 13.9 Å². The lowest BCUT2D eigenvalue weighted by Gasteiger charge is -2.36. The van der Waals surface area contributed by atoms with Gasteiger partial charge in [0.1, 0.15) is 5.82 Å². The van der Waals surface area contributed by atoms with Crippen LogP contribution in [-0.4, -0.2) is 32.7 Å². The number of benzene rings is 1. The zero-order chi connectivity index (χ0) is 20.6. The van der Waals surface area contributed by atoms with Crippen molar-refractivity contribution in [2.24, 2.45) is 5.73 Å². The summed E-state index contributed by atoms with van der Waals surface area (Å²) in [5.41, 5.74) is 7.59. The maximum Gasteiger partial charge on any atom is 0.264 e. The van der Waals surface area contributed by atoms with Crippen molar-refractivity contribution in [3.8, 4) is 0 Å². The summed E-state index contributed by atoms with van der Waals surface area (Å²) >= 11 is 6.14. The topological polar surface area (TPSA) is 87.6 Å². The smallest absolute Gasteiger partial charge is 0.264 e. The molecule has 29 heavy (non-hydrogen) atoms. The molecule has 154 valence electrons. The van der Waals surface area contributed by atoms with E-state index in [0.29, 0.717) is 35.1 Å². The molecule has 3 aromatic rings. The van der Waals surface area contributed by atoms with Crippen LogP contribution in [0.5, 0.6) is 0 Å². The summed E-state index contributed by atoms with van der Waals surface area (Å²) in [4.78, 5) is 0. The first-order valence-corrected chi connectivity index (χ1v) is 9.81. The van der Waals surface area contributed by atoms with E-state index in [1.807, 2.05) is 6.07 Å². The number of alkyl halides is 2. The average molecular weight is 422 g/mol. The van der Waals surface area contributed by atoms with E-state index in [9.17, 15) is 13.9 Å². The van der Waals surface area contributed by atoms with Crippen LogP contribution in [0.25, 0.3) is 5.52 Å². The van der Waals surface area contributed by atoms with Crippen molar-refractivity contribution in [2.75, 3.05) is 10.6 Å². The second kappa shape index (κ2) is 7.78. The van der Waals surface area contributed by atoms with E-state index in [1.165, 1.54) is 0 Å². The molecule has 0 aliphatic heterocycles. The largest absolute Gasteiger partial charge is 0.368 e. The van der Waals surface area contributed by atoms with Gasteiger partial charge in [-0.1, -0.05) is 23.7 Å². The first kappa shape index (κ1) is 19.9. The summed E-state index contributed by atoms with van der Waals surface area (Å²) in [6, 6.07) is 12.3. The van der Waals surface area contributed by atoms with Gasteiger partial charge in [0.15, 0.2) is 6.23 Å². The van der Waals surface area contributed by atoms with Crippen molar-refractivity contribution in [3.63, 3.8) is 0 Å². The Morgan fingerprint density at radius 3 is 2.76 bits per heavy atom. The molecule has 0 saturated heterocycles. The second-order valence-corrected chi connectivity index (χ2v) is 7.68. The summed E-state index contributed by atoms with van der Waals surface area (Å²) in [6.45, 7) is 0. The molecule has 2 heterocycles. The molecule has 1 aliphatic rings. The minimum absolute atomic E-state index is 0.194. The lowest BCUT2D eigenvalue weighted by molar-refractivity contribution is -0.0554. The Hall–Kier alpha value is -2.42. The Morgan fingerprint density at radius 1 is 1.21 bits per heavy atom. The summed E-state index contributed by atoms with van der Waals surface area (Å²) in [6.07, 6.45) is -0.316. The van der Waals surface area contributed by atoms with Crippen molar-refractivity contribution in [1.82, 2.24) is 9.61 Å². The zero-order valence-electron chi connectivity index (χ0n) is 15.5. The van der Waals surface area contributed by atoms with Gasteiger partial charge >= 0.3 is 0 Å². The standard InChI is InChI=1S/C20H22ClF2N5O/c21-13-4-1-2-5-14(13)26-19(29)16-9-7-12-8-10-17(27-28(12)16)25-15-6-3-11-20(22,23)18(15)24/h1-2,4-5,7-10,15,18-19,26,29H,3,6,11,24H2,(H,25,27)/t15-,18-,19?/m1/s1. The maximum absolute atomic E-state index is 13.9. The Bertz CT molecular complexity index is 1010. The van der Waals surface area contributed by atoms with Gasteiger partial charge in [0.05, 0.1) is 28.0 Å². The van der Waals surface area contributed by atoms with Crippen LogP contribution >= 0.6 is 11.6 Å². The van der Waals surface area contributed by atoms with Crippen molar-refractivity contribution in [3.05, 3.63) is 59.2 Å². The van der Waals surface area contributed by atoms with Crippen LogP contribution in [0.15, 0.2) is 48.5 Å². The molecule has 5 N–H and O–H groups in total. The molecule has 1 aromatic carbocycles. The Labute approximate surface area is 171 Å². The van der Waals surface area contributed by atoms with E-state index in [1.54, 1.807) is 47.0 Å². The summed E-state index contributed by atoms with van der Waals surface area (Å²) in [5.74, 6) is -2.48. The van der Waals surface area contributed by atoms with Crippen LogP contribution in [0.3, 0.4) is 0 Å². The first-order valence-electron chi connectivity index (χ1n) is 9.43. The highest BCUT2D eigenvalue weighted by Crippen LogP contribution is 2.33. The van der Waals surface area contributed by atoms with Gasteiger partial charge in [0.25, 0.3) is 5.92 Å². The van der Waals surface area contributed by atoms with Gasteiger partial charge in [0.2, 0.25) is 0 Å². The zero-order valence-corrected chi connectivity index (χ0v) is 16.3. The average Bonchev–Trinajstić information content (AvgIpc) is 3.11. The molecular formula is C20H22ClF2N5O. The van der Waals surface area contributed by atoms with Crippen LogP contribution in [-0.2, 0) is 0 Å². The summed E-state index contributed by atoms with van der Waals surface area (Å²) in [7, 11) is 0. The number of nitrogens with one attached hydrogen (secondary N) is 2. The number of para-hydroxylation sites is 1. The highest BCUT2D eigenvalue weighted by molar-refractivity contribution is 6.33. The Kier molecular flexibility index (Phi) is 5.33. The SMILES string of the molecule is N[C@@H]1[C@H](Nc2ccc3ccc(C(O)Nc4ccccc4Cl)n3n2)CCCC1(F)F. The van der Waals surface area contributed by atoms with Crippen molar-refractivity contribution in [2.45, 2.75) is 43.5 Å². The van der Waals surface area contributed by atoms with Crippen LogP contribution in [0.4, 0.5) is 20.3 Å². The summed E-state index contributed by atoms with van der Waals surface area (Å²) in [5, 5.41) is 21.6. The molecule has 1 fully saturated rings. The third-order valence-electron chi connectivity index (χ3n) is 5.26. The highest BCUT2D eigenvalue weighted by atomic mass is 35.5. The maximum atomic E-state index is 13.9. The molecule has 1 aliphatic carbocycles. The van der Waals surface area contributed by atoms with E-state index in [0.717, 1.165) is 5.52 Å². The fraction of sp³-hybridized carbons (Fsp3) is 0.350. The molecule has 2 aromatic heterocycles. The predicted octanol–water partition coefficient (Wildman–Crippen LogP) is 4.02. The van der Waals surface area contributed by atoms with Gasteiger partial charge < -0.3 is 21.5 Å². The van der Waals surface area contributed by atoms with E-state index in [-0.39, 0.29) is 6.42 Å². The molecule has 0 spiro atoms. The van der Waals surface area contributed by atoms with Gasteiger partial charge in [-0.25, -0.2) is 13.3 Å². The number of hydrogen-bond acceptors (Lipinski definition) is 5. The van der Waals surface area contributed by atoms with Gasteiger partial charge in [-0.2, -0.15) is 5.10 Å². The number of hydrogen-bond donors (Lipinski definition) is 4. The van der Waals surface area contributed by atoms with Gasteiger partial charge in [-0.15, -0.1) is 0 Å². The molecule has 1 saturated carbocycles. The Morgan fingerprint density at radius 2 is 1.97 bits per heavy atom. The highest BCUT2D eigenvalue weighted by Gasteiger charge is 2.44. The number of rotatable bonds is 5. The second-order valence-electron chi connectivity index (χ2n) is 7.27. The van der Waals surface area contributed by atoms with E-state index in [2.05, 4.69) is 15.7 Å². The number of nitrogens with zero attached hydrogens (tertiary/aromatic N) is 2. The molecular weight excluding hydrogens is 400 g/mol. The first-order chi connectivity index (χ1) is 13.8. The molecule has 0 bridgehead atoms. The van der Waals surface area contributed by atoms with E-state index >= 15 is 0 Å². The van der Waals surface area contributed by atoms with Crippen molar-refractivity contribution in [1.29, 1.82) is 0 Å². The number of nitrogens with two attached hydrogens (primary N) is 1.